The third-order valence-corrected chi connectivity index (χ3v) is 5.43. The topological polar surface area (TPSA) is 61.8 Å². The number of nitrogens with zero attached hydrogens (tertiary/aromatic N) is 1. The van der Waals surface area contributed by atoms with Crippen molar-refractivity contribution >= 4 is 11.7 Å². The molecule has 132 valence electrons. The van der Waals surface area contributed by atoms with Crippen LogP contribution in [0.4, 0.5) is 10.5 Å². The Morgan fingerprint density at radius 3 is 2.42 bits per heavy atom. The van der Waals surface area contributed by atoms with E-state index < -0.39 is 5.60 Å². The number of aryl methyl sites for hydroxylation is 2. The normalized spacial score (nSPS) is 26.4. The number of ether oxygens (including phenoxy) is 1. The molecule has 2 aliphatic heterocycles. The molecule has 2 aliphatic rings. The molecular formula is C19H28N2O3. The SMILES string of the molecule is Cc1cccc(C)c1NC(=O)N1CCC2(CC1)CC(C)(O)CCO2. The maximum absolute atomic E-state index is 12.6. The van der Waals surface area contributed by atoms with E-state index in [1.54, 1.807) is 0 Å². The minimum Gasteiger partial charge on any atom is -0.390 e. The Morgan fingerprint density at radius 1 is 1.21 bits per heavy atom. The molecular weight excluding hydrogens is 304 g/mol. The van der Waals surface area contributed by atoms with Crippen molar-refractivity contribution in [2.75, 3.05) is 25.0 Å². The number of amides is 2. The number of hydrogen-bond donors (Lipinski definition) is 2. The number of benzene rings is 1. The summed E-state index contributed by atoms with van der Waals surface area (Å²) in [6.07, 6.45) is 2.91. The zero-order valence-corrected chi connectivity index (χ0v) is 14.9. The van der Waals surface area contributed by atoms with E-state index in [4.69, 9.17) is 4.74 Å². The molecule has 2 amide bonds. The summed E-state index contributed by atoms with van der Waals surface area (Å²) >= 11 is 0. The second-order valence-electron chi connectivity index (χ2n) is 7.64. The zero-order chi connectivity index (χ0) is 17.4. The van der Waals surface area contributed by atoms with Gasteiger partial charge in [-0.05, 0) is 51.2 Å². The molecule has 2 heterocycles. The highest BCUT2D eigenvalue weighted by molar-refractivity contribution is 5.91. The van der Waals surface area contributed by atoms with Crippen LogP contribution in [0.25, 0.3) is 0 Å². The summed E-state index contributed by atoms with van der Waals surface area (Å²) < 4.78 is 6.01. The fourth-order valence-electron chi connectivity index (χ4n) is 3.96. The molecule has 2 N–H and O–H groups in total. The molecule has 1 spiro atoms. The minimum atomic E-state index is -0.652. The van der Waals surface area contributed by atoms with Crippen LogP contribution in [0.3, 0.4) is 0 Å². The lowest BCUT2D eigenvalue weighted by atomic mass is 9.78. The second kappa shape index (κ2) is 6.37. The molecule has 0 bridgehead atoms. The molecule has 24 heavy (non-hydrogen) atoms. The third kappa shape index (κ3) is 3.57. The molecule has 0 aliphatic carbocycles. The first-order valence-electron chi connectivity index (χ1n) is 8.79. The lowest BCUT2D eigenvalue weighted by Crippen LogP contribution is -2.54. The number of hydrogen-bond acceptors (Lipinski definition) is 3. The van der Waals surface area contributed by atoms with Gasteiger partial charge < -0.3 is 20.1 Å². The van der Waals surface area contributed by atoms with Crippen LogP contribution < -0.4 is 5.32 Å². The van der Waals surface area contributed by atoms with Crippen LogP contribution in [0.2, 0.25) is 0 Å². The van der Waals surface area contributed by atoms with Gasteiger partial charge in [0, 0.05) is 25.2 Å². The van der Waals surface area contributed by atoms with E-state index in [0.29, 0.717) is 32.5 Å². The number of nitrogens with one attached hydrogen (secondary N) is 1. The zero-order valence-electron chi connectivity index (χ0n) is 14.9. The first-order valence-corrected chi connectivity index (χ1v) is 8.79. The smallest absolute Gasteiger partial charge is 0.321 e. The number of carbonyl (C=O) groups excluding carboxylic acids is 1. The van der Waals surface area contributed by atoms with E-state index in [2.05, 4.69) is 5.32 Å². The molecule has 0 radical (unpaired) electrons. The molecule has 5 heteroatoms. The van der Waals surface area contributed by atoms with Crippen LogP contribution in [0.15, 0.2) is 18.2 Å². The molecule has 0 aromatic heterocycles. The molecule has 1 unspecified atom stereocenters. The number of urea groups is 1. The fraction of sp³-hybridized carbons (Fsp3) is 0.632. The summed E-state index contributed by atoms with van der Waals surface area (Å²) in [4.78, 5) is 14.4. The number of anilines is 1. The molecule has 5 nitrogen and oxygen atoms in total. The van der Waals surface area contributed by atoms with Crippen LogP contribution in [-0.4, -0.2) is 46.9 Å². The van der Waals surface area contributed by atoms with Crippen LogP contribution in [-0.2, 0) is 4.74 Å². The highest BCUT2D eigenvalue weighted by atomic mass is 16.5. The van der Waals surface area contributed by atoms with Crippen LogP contribution in [0.5, 0.6) is 0 Å². The Morgan fingerprint density at radius 2 is 1.83 bits per heavy atom. The maximum atomic E-state index is 12.6. The van der Waals surface area contributed by atoms with Crippen molar-refractivity contribution in [2.45, 2.75) is 57.7 Å². The molecule has 2 fully saturated rings. The van der Waals surface area contributed by atoms with Gasteiger partial charge in [0.1, 0.15) is 0 Å². The molecule has 0 saturated carbocycles. The van der Waals surface area contributed by atoms with Gasteiger partial charge in [-0.15, -0.1) is 0 Å². The molecule has 3 rings (SSSR count). The number of para-hydroxylation sites is 1. The van der Waals surface area contributed by atoms with Crippen molar-refractivity contribution < 1.29 is 14.6 Å². The van der Waals surface area contributed by atoms with Crippen molar-refractivity contribution in [2.24, 2.45) is 0 Å². The largest absolute Gasteiger partial charge is 0.390 e. The third-order valence-electron chi connectivity index (χ3n) is 5.43. The van der Waals surface area contributed by atoms with Gasteiger partial charge in [-0.1, -0.05) is 18.2 Å². The van der Waals surface area contributed by atoms with E-state index in [-0.39, 0.29) is 11.6 Å². The van der Waals surface area contributed by atoms with Crippen molar-refractivity contribution in [3.05, 3.63) is 29.3 Å². The van der Waals surface area contributed by atoms with E-state index >= 15 is 0 Å². The second-order valence-corrected chi connectivity index (χ2v) is 7.64. The summed E-state index contributed by atoms with van der Waals surface area (Å²) in [5.74, 6) is 0. The number of piperidine rings is 1. The Labute approximate surface area is 144 Å². The Bertz CT molecular complexity index is 599. The van der Waals surface area contributed by atoms with Gasteiger partial charge >= 0.3 is 6.03 Å². The van der Waals surface area contributed by atoms with Gasteiger partial charge in [0.15, 0.2) is 0 Å². The predicted octanol–water partition coefficient (Wildman–Crippen LogP) is 3.23. The fourth-order valence-corrected chi connectivity index (χ4v) is 3.96. The van der Waals surface area contributed by atoms with Gasteiger partial charge in [-0.25, -0.2) is 4.79 Å². The average molecular weight is 332 g/mol. The Hall–Kier alpha value is -1.59. The monoisotopic (exact) mass is 332 g/mol. The van der Waals surface area contributed by atoms with E-state index in [9.17, 15) is 9.90 Å². The van der Waals surface area contributed by atoms with Crippen molar-refractivity contribution in [3.8, 4) is 0 Å². The minimum absolute atomic E-state index is 0.0511. The van der Waals surface area contributed by atoms with Crippen molar-refractivity contribution in [1.82, 2.24) is 4.90 Å². The first-order chi connectivity index (χ1) is 11.3. The van der Waals surface area contributed by atoms with Crippen molar-refractivity contribution in [1.29, 1.82) is 0 Å². The average Bonchev–Trinajstić information content (AvgIpc) is 2.50. The van der Waals surface area contributed by atoms with E-state index in [1.165, 1.54) is 0 Å². The molecule has 1 atom stereocenters. The van der Waals surface area contributed by atoms with Crippen LogP contribution >= 0.6 is 0 Å². The Balaban J connectivity index is 1.61. The van der Waals surface area contributed by atoms with Crippen LogP contribution in [0.1, 0.15) is 43.7 Å². The summed E-state index contributed by atoms with van der Waals surface area (Å²) in [6.45, 7) is 7.82. The predicted molar refractivity (Wildman–Crippen MR) is 94.3 cm³/mol. The number of rotatable bonds is 1. The van der Waals surface area contributed by atoms with Gasteiger partial charge in [0.05, 0.1) is 17.8 Å². The van der Waals surface area contributed by atoms with Crippen molar-refractivity contribution in [3.63, 3.8) is 0 Å². The summed E-state index contributed by atoms with van der Waals surface area (Å²) in [7, 11) is 0. The number of aliphatic hydroxyl groups is 1. The maximum Gasteiger partial charge on any atom is 0.321 e. The standard InChI is InChI=1S/C19H28N2O3/c1-14-5-4-6-15(2)16(14)20-17(22)21-10-7-19(8-11-21)13-18(3,23)9-12-24-19/h4-6,23H,7-13H2,1-3H3,(H,20,22). The van der Waals surface area contributed by atoms with Gasteiger partial charge in [-0.3, -0.25) is 0 Å². The molecule has 2 saturated heterocycles. The highest BCUT2D eigenvalue weighted by Gasteiger charge is 2.44. The Kier molecular flexibility index (Phi) is 4.58. The summed E-state index contributed by atoms with van der Waals surface area (Å²) in [6, 6.07) is 5.96. The molecule has 1 aromatic rings. The van der Waals surface area contributed by atoms with Gasteiger partial charge in [0.25, 0.3) is 0 Å². The van der Waals surface area contributed by atoms with Crippen LogP contribution in [0, 0.1) is 13.8 Å². The highest BCUT2D eigenvalue weighted by Crippen LogP contribution is 2.39. The van der Waals surface area contributed by atoms with Gasteiger partial charge in [0.2, 0.25) is 0 Å². The lowest BCUT2D eigenvalue weighted by molar-refractivity contribution is -0.169. The number of carbonyl (C=O) groups is 1. The first kappa shape index (κ1) is 17.2. The lowest BCUT2D eigenvalue weighted by Gasteiger charge is -2.48. The van der Waals surface area contributed by atoms with E-state index in [1.807, 2.05) is 43.9 Å². The quantitative estimate of drug-likeness (QED) is 0.830. The number of likely N-dealkylation sites (tertiary alicyclic amines) is 1. The summed E-state index contributed by atoms with van der Waals surface area (Å²) in [5.41, 5.74) is 2.13. The molecule has 1 aromatic carbocycles. The van der Waals surface area contributed by atoms with E-state index in [0.717, 1.165) is 29.7 Å². The van der Waals surface area contributed by atoms with Gasteiger partial charge in [-0.2, -0.15) is 0 Å². The summed E-state index contributed by atoms with van der Waals surface area (Å²) in [5, 5.41) is 13.4.